The van der Waals surface area contributed by atoms with Crippen molar-refractivity contribution in [3.05, 3.63) is 66.7 Å². The van der Waals surface area contributed by atoms with Gasteiger partial charge >= 0.3 is 0 Å². The van der Waals surface area contributed by atoms with Crippen molar-refractivity contribution in [2.75, 3.05) is 11.9 Å². The van der Waals surface area contributed by atoms with Crippen LogP contribution < -0.4 is 10.1 Å². The first kappa shape index (κ1) is 23.5. The number of hydrogen-bond donors (Lipinski definition) is 2. The summed E-state index contributed by atoms with van der Waals surface area (Å²) in [6.07, 6.45) is 7.35. The summed E-state index contributed by atoms with van der Waals surface area (Å²) in [5.41, 5.74) is 4.67. The topological polar surface area (TPSA) is 98.0 Å². The number of aliphatic hydroxyl groups is 1. The van der Waals surface area contributed by atoms with E-state index < -0.39 is 12.0 Å². The summed E-state index contributed by atoms with van der Waals surface area (Å²) >= 11 is 0. The van der Waals surface area contributed by atoms with Crippen LogP contribution in [0.5, 0.6) is 5.88 Å². The van der Waals surface area contributed by atoms with E-state index in [1.54, 1.807) is 17.9 Å². The Morgan fingerprint density at radius 1 is 1.03 bits per heavy atom. The lowest BCUT2D eigenvalue weighted by Crippen LogP contribution is -2.43. The van der Waals surface area contributed by atoms with Crippen molar-refractivity contribution >= 4 is 11.6 Å². The lowest BCUT2D eigenvalue weighted by Gasteiger charge is -2.34. The van der Waals surface area contributed by atoms with E-state index in [1.165, 1.54) is 18.0 Å². The van der Waals surface area contributed by atoms with Gasteiger partial charge in [0.2, 0.25) is 5.88 Å². The molecule has 0 aliphatic heterocycles. The molecular formula is C27H26F2N6O2. The Morgan fingerprint density at radius 3 is 2.43 bits per heavy atom. The Bertz CT molecular complexity index is 1410. The zero-order chi connectivity index (χ0) is 25.6. The predicted octanol–water partition coefficient (Wildman–Crippen LogP) is 4.88. The van der Waals surface area contributed by atoms with Crippen LogP contribution >= 0.6 is 0 Å². The Morgan fingerprint density at radius 2 is 1.78 bits per heavy atom. The average Bonchev–Trinajstić information content (AvgIpc) is 3.61. The van der Waals surface area contributed by atoms with Crippen molar-refractivity contribution < 1.29 is 18.6 Å². The molecule has 0 spiro atoms. The average molecular weight is 505 g/mol. The van der Waals surface area contributed by atoms with Crippen LogP contribution in [0.25, 0.3) is 22.4 Å². The van der Waals surface area contributed by atoms with Gasteiger partial charge in [-0.25, -0.2) is 8.78 Å². The molecule has 0 atom stereocenters. The molecule has 4 aromatic rings. The molecule has 2 N–H and O–H groups in total. The number of hydrogen-bond acceptors (Lipinski definition) is 7. The zero-order valence-electron chi connectivity index (χ0n) is 20.2. The number of aryl methyl sites for hydroxylation is 1. The van der Waals surface area contributed by atoms with E-state index >= 15 is 0 Å². The second-order valence-corrected chi connectivity index (χ2v) is 9.85. The molecule has 0 radical (unpaired) electrons. The normalized spacial score (nSPS) is 17.7. The fourth-order valence-corrected chi connectivity index (χ4v) is 4.65. The van der Waals surface area contributed by atoms with Gasteiger partial charge in [-0.15, -0.1) is 0 Å². The van der Waals surface area contributed by atoms with E-state index in [1.807, 2.05) is 18.3 Å². The third kappa shape index (κ3) is 4.64. The van der Waals surface area contributed by atoms with Gasteiger partial charge in [0, 0.05) is 37.1 Å². The molecule has 3 aromatic heterocycles. The van der Waals surface area contributed by atoms with Gasteiger partial charge in [-0.1, -0.05) is 30.3 Å². The lowest BCUT2D eigenvalue weighted by molar-refractivity contribution is -0.135. The summed E-state index contributed by atoms with van der Waals surface area (Å²) in [6.45, 7) is 0.187. The molecule has 2 saturated carbocycles. The predicted molar refractivity (Wildman–Crippen MR) is 134 cm³/mol. The number of pyridine rings is 1. The molecule has 8 nitrogen and oxygen atoms in total. The molecule has 2 aliphatic rings. The number of benzene rings is 1. The highest BCUT2D eigenvalue weighted by Crippen LogP contribution is 2.48. The molecule has 10 heteroatoms. The van der Waals surface area contributed by atoms with Crippen molar-refractivity contribution in [1.82, 2.24) is 24.7 Å². The number of alkyl halides is 2. The number of nitrogens with one attached hydrogen (secondary N) is 1. The monoisotopic (exact) mass is 504 g/mol. The van der Waals surface area contributed by atoms with Gasteiger partial charge in [-0.3, -0.25) is 14.6 Å². The van der Waals surface area contributed by atoms with Crippen LogP contribution in [-0.4, -0.2) is 48.5 Å². The van der Waals surface area contributed by atoms with E-state index in [0.29, 0.717) is 11.6 Å². The third-order valence-corrected chi connectivity index (χ3v) is 7.16. The van der Waals surface area contributed by atoms with E-state index in [4.69, 9.17) is 4.74 Å². The van der Waals surface area contributed by atoms with Gasteiger partial charge in [-0.05, 0) is 30.0 Å². The summed E-state index contributed by atoms with van der Waals surface area (Å²) in [5.74, 6) is -1.41. The molecule has 0 bridgehead atoms. The highest BCUT2D eigenvalue weighted by molar-refractivity contribution is 5.76. The van der Waals surface area contributed by atoms with Crippen molar-refractivity contribution in [2.45, 2.75) is 43.1 Å². The fourth-order valence-electron chi connectivity index (χ4n) is 4.65. The van der Waals surface area contributed by atoms with Crippen molar-refractivity contribution in [1.29, 1.82) is 0 Å². The summed E-state index contributed by atoms with van der Waals surface area (Å²) in [6, 6.07) is 12.3. The van der Waals surface area contributed by atoms with Crippen LogP contribution in [0.4, 0.5) is 20.4 Å². The zero-order valence-corrected chi connectivity index (χ0v) is 20.2. The smallest absolute Gasteiger partial charge is 0.255 e. The highest BCUT2D eigenvalue weighted by atomic mass is 19.3. The second-order valence-electron chi connectivity index (χ2n) is 9.85. The van der Waals surface area contributed by atoms with Crippen LogP contribution in [0.3, 0.4) is 0 Å². The maximum atomic E-state index is 13.1. The maximum Gasteiger partial charge on any atom is 0.255 e. The number of ether oxygens (including phenoxy) is 1. The van der Waals surface area contributed by atoms with Crippen molar-refractivity contribution in [3.63, 3.8) is 0 Å². The van der Waals surface area contributed by atoms with Crippen molar-refractivity contribution in [3.8, 4) is 28.3 Å². The van der Waals surface area contributed by atoms with Crippen LogP contribution in [0, 0.1) is 0 Å². The second kappa shape index (κ2) is 8.88. The van der Waals surface area contributed by atoms with Crippen LogP contribution in [0.15, 0.2) is 61.2 Å². The number of halogens is 2. The van der Waals surface area contributed by atoms with Gasteiger partial charge < -0.3 is 15.2 Å². The van der Waals surface area contributed by atoms with Crippen LogP contribution in [0.1, 0.15) is 31.2 Å². The molecule has 6 rings (SSSR count). The van der Waals surface area contributed by atoms with Crippen molar-refractivity contribution in [2.24, 2.45) is 7.05 Å². The molecule has 2 aliphatic carbocycles. The van der Waals surface area contributed by atoms with E-state index in [-0.39, 0.29) is 30.7 Å². The minimum Gasteiger partial charge on any atom is -0.473 e. The van der Waals surface area contributed by atoms with E-state index in [2.05, 4.69) is 49.6 Å². The molecule has 3 heterocycles. The SMILES string of the molecule is Cn1ncc(-c2ccc(-c3ccc(C4(CO)CC4)cc3)cn2)c1Nc1cncc(OC2CC(F)(F)C2)n1. The number of anilines is 2. The minimum absolute atomic E-state index is 0.0494. The van der Waals surface area contributed by atoms with Crippen LogP contribution in [0.2, 0.25) is 0 Å². The quantitative estimate of drug-likeness (QED) is 0.353. The number of aromatic nitrogens is 5. The molecule has 0 saturated heterocycles. The first-order valence-corrected chi connectivity index (χ1v) is 12.2. The van der Waals surface area contributed by atoms with Gasteiger partial charge in [-0.2, -0.15) is 10.1 Å². The summed E-state index contributed by atoms with van der Waals surface area (Å²) in [7, 11) is 1.80. The van der Waals surface area contributed by atoms with Gasteiger partial charge in [0.15, 0.2) is 5.82 Å². The van der Waals surface area contributed by atoms with E-state index in [0.717, 1.165) is 35.2 Å². The van der Waals surface area contributed by atoms with E-state index in [9.17, 15) is 13.9 Å². The number of rotatable bonds is 8. The standard InChI is InChI=1S/C27H26F2N6O2/c1-35-25(34-23-14-30-15-24(33-23)37-20-10-27(28,29)11-20)21(13-32-35)22-7-4-18(12-31-22)17-2-5-19(6-3-17)26(16-36)8-9-26/h2-7,12-15,20,36H,8-11,16H2,1H3,(H,33,34). The molecule has 2 fully saturated rings. The molecule has 1 aromatic carbocycles. The number of aliphatic hydroxyl groups excluding tert-OH is 1. The first-order valence-electron chi connectivity index (χ1n) is 12.2. The largest absolute Gasteiger partial charge is 0.473 e. The molecule has 0 amide bonds. The maximum absolute atomic E-state index is 13.1. The Balaban J connectivity index is 1.18. The summed E-state index contributed by atoms with van der Waals surface area (Å²) < 4.78 is 33.4. The molecule has 190 valence electrons. The Labute approximate surface area is 212 Å². The highest BCUT2D eigenvalue weighted by Gasteiger charge is 2.47. The van der Waals surface area contributed by atoms with Gasteiger partial charge in [0.05, 0.1) is 36.5 Å². The summed E-state index contributed by atoms with van der Waals surface area (Å²) in [5, 5.41) is 17.2. The molecule has 0 unspecified atom stereocenters. The fraction of sp³-hybridized carbons (Fsp3) is 0.333. The third-order valence-electron chi connectivity index (χ3n) is 7.16. The first-order chi connectivity index (χ1) is 17.8. The summed E-state index contributed by atoms with van der Waals surface area (Å²) in [4.78, 5) is 13.2. The molecule has 37 heavy (non-hydrogen) atoms. The van der Waals surface area contributed by atoms with Gasteiger partial charge in [0.1, 0.15) is 11.9 Å². The number of nitrogens with zero attached hydrogens (tertiary/aromatic N) is 5. The lowest BCUT2D eigenvalue weighted by atomic mass is 9.91. The molecular weight excluding hydrogens is 478 g/mol. The van der Waals surface area contributed by atoms with Gasteiger partial charge in [0.25, 0.3) is 5.92 Å². The van der Waals surface area contributed by atoms with Crippen LogP contribution in [-0.2, 0) is 12.5 Å². The Kier molecular flexibility index (Phi) is 5.63. The Hall–Kier alpha value is -3.92. The minimum atomic E-state index is -2.66.